The highest BCUT2D eigenvalue weighted by molar-refractivity contribution is 6.16. The number of aromatic nitrogens is 1. The fourth-order valence-electron chi connectivity index (χ4n) is 5.09. The van der Waals surface area contributed by atoms with Crippen molar-refractivity contribution < 1.29 is 14.3 Å². The third-order valence-corrected chi connectivity index (χ3v) is 6.93. The van der Waals surface area contributed by atoms with E-state index in [4.69, 9.17) is 4.74 Å². The molecule has 0 saturated carbocycles. The van der Waals surface area contributed by atoms with E-state index < -0.39 is 0 Å². The van der Waals surface area contributed by atoms with Crippen LogP contribution in [-0.4, -0.2) is 59.3 Å². The molecule has 0 spiro atoms. The van der Waals surface area contributed by atoms with Crippen LogP contribution in [0.3, 0.4) is 0 Å². The van der Waals surface area contributed by atoms with Crippen molar-refractivity contribution in [2.75, 3.05) is 19.7 Å². The molecule has 186 valence electrons. The number of hydrazone groups is 1. The van der Waals surface area contributed by atoms with E-state index >= 15 is 0 Å². The number of hydrogen-bond donors (Lipinski definition) is 2. The summed E-state index contributed by atoms with van der Waals surface area (Å²) in [4.78, 5) is 32.5. The summed E-state index contributed by atoms with van der Waals surface area (Å²) >= 11 is 0. The number of carbonyl (C=O) groups is 2. The molecule has 0 bridgehead atoms. The maximum absolute atomic E-state index is 13.4. The number of carbonyl (C=O) groups excluding carboxylic acids is 2. The lowest BCUT2D eigenvalue weighted by molar-refractivity contribution is -0.151. The largest absolute Gasteiger partial charge is 0.466 e. The Labute approximate surface area is 211 Å². The summed E-state index contributed by atoms with van der Waals surface area (Å²) in [6, 6.07) is 13.8. The molecule has 1 amide bonds. The number of amides is 1. The van der Waals surface area contributed by atoms with Gasteiger partial charge in [0.25, 0.3) is 5.91 Å². The first kappa shape index (κ1) is 23.9. The first-order valence-electron chi connectivity index (χ1n) is 12.5. The monoisotopic (exact) mass is 485 g/mol. The van der Waals surface area contributed by atoms with Crippen LogP contribution in [0, 0.1) is 5.92 Å². The summed E-state index contributed by atoms with van der Waals surface area (Å²) in [6.07, 6.45) is 8.62. The number of piperidine rings is 1. The van der Waals surface area contributed by atoms with Crippen LogP contribution in [0.15, 0.2) is 83.3 Å². The average molecular weight is 486 g/mol. The summed E-state index contributed by atoms with van der Waals surface area (Å²) in [5.41, 5.74) is 7.75. The first-order chi connectivity index (χ1) is 17.6. The van der Waals surface area contributed by atoms with Gasteiger partial charge in [0.15, 0.2) is 0 Å². The number of esters is 1. The molecule has 1 aromatic heterocycles. The number of benzene rings is 1. The molecule has 1 saturated heterocycles. The van der Waals surface area contributed by atoms with Gasteiger partial charge in [0.05, 0.1) is 30.3 Å². The number of hydrogen-bond acceptors (Lipinski definition) is 7. The highest BCUT2D eigenvalue weighted by Crippen LogP contribution is 2.27. The van der Waals surface area contributed by atoms with Crippen LogP contribution in [0.2, 0.25) is 0 Å². The molecule has 1 fully saturated rings. The number of rotatable bonds is 7. The third kappa shape index (κ3) is 5.23. The van der Waals surface area contributed by atoms with E-state index in [0.717, 1.165) is 29.9 Å². The van der Waals surface area contributed by atoms with Gasteiger partial charge in [-0.1, -0.05) is 36.4 Å². The highest BCUT2D eigenvalue weighted by atomic mass is 16.5. The molecular weight excluding hydrogens is 454 g/mol. The van der Waals surface area contributed by atoms with E-state index in [0.29, 0.717) is 31.6 Å². The Balaban J connectivity index is 1.31. The lowest BCUT2D eigenvalue weighted by atomic mass is 9.88. The van der Waals surface area contributed by atoms with Crippen molar-refractivity contribution in [1.82, 2.24) is 20.6 Å². The predicted octanol–water partition coefficient (Wildman–Crippen LogP) is 2.58. The number of nitrogens with one attached hydrogen (secondary N) is 2. The van der Waals surface area contributed by atoms with Gasteiger partial charge in [-0.3, -0.25) is 19.5 Å². The zero-order valence-electron chi connectivity index (χ0n) is 20.4. The summed E-state index contributed by atoms with van der Waals surface area (Å²) in [6.45, 7) is 4.27. The molecule has 3 atom stereocenters. The SMILES string of the molecule is CCOC(=O)C1CCN(Cc2ccccc2)CC1NC(=O)C1=CCC2NN=C(c3ccncc3)C2=C1. The number of pyridine rings is 1. The van der Waals surface area contributed by atoms with Gasteiger partial charge in [0, 0.05) is 42.2 Å². The maximum Gasteiger partial charge on any atom is 0.311 e. The summed E-state index contributed by atoms with van der Waals surface area (Å²) in [5.74, 6) is -0.791. The maximum atomic E-state index is 13.4. The molecule has 0 radical (unpaired) electrons. The van der Waals surface area contributed by atoms with E-state index in [1.807, 2.05) is 49.4 Å². The molecule has 8 nitrogen and oxygen atoms in total. The van der Waals surface area contributed by atoms with Crippen LogP contribution in [0.1, 0.15) is 30.9 Å². The Kier molecular flexibility index (Phi) is 7.23. The summed E-state index contributed by atoms with van der Waals surface area (Å²) in [7, 11) is 0. The fourth-order valence-corrected chi connectivity index (χ4v) is 5.09. The molecule has 2 aromatic rings. The Bertz CT molecular complexity index is 1190. The molecule has 1 aromatic carbocycles. The molecule has 5 rings (SSSR count). The van der Waals surface area contributed by atoms with Crippen molar-refractivity contribution in [2.45, 2.75) is 38.4 Å². The number of nitrogens with zero attached hydrogens (tertiary/aromatic N) is 3. The smallest absolute Gasteiger partial charge is 0.311 e. The van der Waals surface area contributed by atoms with Crippen molar-refractivity contribution in [3.8, 4) is 0 Å². The standard InChI is InChI=1S/C28H31N5O3/c1-2-36-28(35)22-12-15-33(17-19-6-4-3-5-7-19)18-25(22)30-27(34)21-8-9-24-23(16-21)26(32-31-24)20-10-13-29-14-11-20/h3-8,10-11,13-14,16,22,24-25,31H,2,9,12,15,17-18H2,1H3,(H,30,34). The van der Waals surface area contributed by atoms with Gasteiger partial charge in [0.2, 0.25) is 0 Å². The Morgan fingerprint density at radius 3 is 2.75 bits per heavy atom. The normalized spacial score (nSPS) is 23.5. The zero-order chi connectivity index (χ0) is 24.9. The van der Waals surface area contributed by atoms with Gasteiger partial charge in [-0.2, -0.15) is 5.10 Å². The fraction of sp³-hybridized carbons (Fsp3) is 0.357. The first-order valence-corrected chi connectivity index (χ1v) is 12.5. The van der Waals surface area contributed by atoms with Crippen LogP contribution in [0.5, 0.6) is 0 Å². The molecule has 3 heterocycles. The van der Waals surface area contributed by atoms with Crippen molar-refractivity contribution in [1.29, 1.82) is 0 Å². The minimum Gasteiger partial charge on any atom is -0.466 e. The lowest BCUT2D eigenvalue weighted by Gasteiger charge is -2.38. The highest BCUT2D eigenvalue weighted by Gasteiger charge is 2.37. The number of likely N-dealkylation sites (tertiary alicyclic amines) is 1. The topological polar surface area (TPSA) is 95.9 Å². The molecule has 2 N–H and O–H groups in total. The Morgan fingerprint density at radius 2 is 1.97 bits per heavy atom. The quantitative estimate of drug-likeness (QED) is 0.586. The van der Waals surface area contributed by atoms with Gasteiger partial charge < -0.3 is 15.5 Å². The minimum atomic E-state index is -0.368. The van der Waals surface area contributed by atoms with E-state index in [1.54, 1.807) is 12.4 Å². The summed E-state index contributed by atoms with van der Waals surface area (Å²) in [5, 5.41) is 7.67. The van der Waals surface area contributed by atoms with Crippen molar-refractivity contribution in [3.05, 3.63) is 89.3 Å². The second-order valence-corrected chi connectivity index (χ2v) is 9.32. The van der Waals surface area contributed by atoms with Crippen LogP contribution < -0.4 is 10.7 Å². The number of ether oxygens (including phenoxy) is 1. The van der Waals surface area contributed by atoms with Gasteiger partial charge in [-0.05, 0) is 50.1 Å². The van der Waals surface area contributed by atoms with Crippen molar-refractivity contribution in [3.63, 3.8) is 0 Å². The average Bonchev–Trinajstić information content (AvgIpc) is 3.33. The summed E-state index contributed by atoms with van der Waals surface area (Å²) < 4.78 is 5.35. The van der Waals surface area contributed by atoms with E-state index in [9.17, 15) is 9.59 Å². The Morgan fingerprint density at radius 1 is 1.17 bits per heavy atom. The molecule has 2 aliphatic heterocycles. The van der Waals surface area contributed by atoms with E-state index in [2.05, 4.69) is 37.9 Å². The molecule has 3 aliphatic rings. The van der Waals surface area contributed by atoms with Gasteiger partial charge >= 0.3 is 5.97 Å². The Hall–Kier alpha value is -3.78. The van der Waals surface area contributed by atoms with Crippen LogP contribution >= 0.6 is 0 Å². The van der Waals surface area contributed by atoms with Gasteiger partial charge in [-0.25, -0.2) is 0 Å². The molecule has 3 unspecified atom stereocenters. The van der Waals surface area contributed by atoms with E-state index in [1.165, 1.54) is 5.56 Å². The van der Waals surface area contributed by atoms with Gasteiger partial charge in [-0.15, -0.1) is 0 Å². The minimum absolute atomic E-state index is 0.0491. The molecule has 1 aliphatic carbocycles. The zero-order valence-corrected chi connectivity index (χ0v) is 20.4. The van der Waals surface area contributed by atoms with Crippen molar-refractivity contribution in [2.24, 2.45) is 11.0 Å². The number of fused-ring (bicyclic) bond motifs is 1. The molecule has 8 heteroatoms. The molecule has 36 heavy (non-hydrogen) atoms. The van der Waals surface area contributed by atoms with Crippen molar-refractivity contribution >= 4 is 17.6 Å². The van der Waals surface area contributed by atoms with Crippen LogP contribution in [0.25, 0.3) is 0 Å². The second-order valence-electron chi connectivity index (χ2n) is 9.32. The van der Waals surface area contributed by atoms with E-state index in [-0.39, 0.29) is 29.9 Å². The molecular formula is C28H31N5O3. The second kappa shape index (κ2) is 10.9. The lowest BCUT2D eigenvalue weighted by Crippen LogP contribution is -2.55. The predicted molar refractivity (Wildman–Crippen MR) is 137 cm³/mol. The van der Waals surface area contributed by atoms with Crippen LogP contribution in [0.4, 0.5) is 0 Å². The van der Waals surface area contributed by atoms with Gasteiger partial charge in [0.1, 0.15) is 0 Å². The van der Waals surface area contributed by atoms with Crippen LogP contribution in [-0.2, 0) is 20.9 Å². The third-order valence-electron chi connectivity index (χ3n) is 6.93.